The van der Waals surface area contributed by atoms with E-state index in [0.29, 0.717) is 0 Å². The van der Waals surface area contributed by atoms with Crippen LogP contribution in [0.15, 0.2) is 0 Å². The van der Waals surface area contributed by atoms with Gasteiger partial charge in [-0.05, 0) is 13.8 Å². The van der Waals surface area contributed by atoms with Crippen LogP contribution in [0.1, 0.15) is 34.1 Å². The van der Waals surface area contributed by atoms with Gasteiger partial charge in [-0.15, -0.1) is 0 Å². The first kappa shape index (κ1) is 19.9. The summed E-state index contributed by atoms with van der Waals surface area (Å²) in [5, 5.41) is 11.5. The van der Waals surface area contributed by atoms with E-state index in [1.807, 2.05) is 0 Å². The molecule has 2 N–H and O–H groups in total. The fraction of sp³-hybridized carbons (Fsp3) is 0.714. The number of hydrogen-bond acceptors (Lipinski definition) is 6. The topological polar surface area (TPSA) is 119 Å². The Labute approximate surface area is 129 Å². The summed E-state index contributed by atoms with van der Waals surface area (Å²) < 4.78 is 9.53. The van der Waals surface area contributed by atoms with Crippen LogP contribution in [0.2, 0.25) is 0 Å². The van der Waals surface area contributed by atoms with E-state index in [1.54, 1.807) is 27.7 Å². The average molecular weight is 317 g/mol. The lowest BCUT2D eigenvalue weighted by atomic mass is 9.95. The van der Waals surface area contributed by atoms with Crippen molar-refractivity contribution in [2.24, 2.45) is 11.8 Å². The molecule has 0 aromatic rings. The predicted molar refractivity (Wildman–Crippen MR) is 75.8 cm³/mol. The van der Waals surface area contributed by atoms with Crippen molar-refractivity contribution >= 4 is 23.8 Å². The van der Waals surface area contributed by atoms with Crippen molar-refractivity contribution < 1.29 is 33.8 Å². The van der Waals surface area contributed by atoms with Gasteiger partial charge in [0.15, 0.2) is 0 Å². The third-order valence-electron chi connectivity index (χ3n) is 2.77. The van der Waals surface area contributed by atoms with Crippen molar-refractivity contribution in [1.82, 2.24) is 5.32 Å². The van der Waals surface area contributed by atoms with Gasteiger partial charge in [0, 0.05) is 5.92 Å². The van der Waals surface area contributed by atoms with Gasteiger partial charge < -0.3 is 19.9 Å². The minimum atomic E-state index is -1.56. The predicted octanol–water partition coefficient (Wildman–Crippen LogP) is 0.344. The van der Waals surface area contributed by atoms with E-state index in [9.17, 15) is 24.3 Å². The second kappa shape index (κ2) is 9.75. The molecular weight excluding hydrogens is 294 g/mol. The van der Waals surface area contributed by atoms with Gasteiger partial charge in [0.25, 0.3) is 0 Å². The molecular formula is C14H23NO7. The second-order valence-electron chi connectivity index (χ2n) is 4.85. The molecule has 0 fully saturated rings. The Morgan fingerprint density at radius 3 is 2.00 bits per heavy atom. The normalized spacial score (nSPS) is 13.1. The van der Waals surface area contributed by atoms with Gasteiger partial charge in [0.1, 0.15) is 6.04 Å². The number of hydrogen-bond donors (Lipinski definition) is 2. The number of carbonyl (C=O) groups is 4. The summed E-state index contributed by atoms with van der Waals surface area (Å²) in [6.45, 7) is 6.44. The van der Waals surface area contributed by atoms with Crippen molar-refractivity contribution in [2.45, 2.75) is 40.2 Å². The summed E-state index contributed by atoms with van der Waals surface area (Å²) in [6.07, 6.45) is -0.484. The summed E-state index contributed by atoms with van der Waals surface area (Å²) >= 11 is 0. The number of rotatable bonds is 9. The highest BCUT2D eigenvalue weighted by Gasteiger charge is 2.38. The molecule has 8 heteroatoms. The van der Waals surface area contributed by atoms with E-state index in [2.05, 4.69) is 5.32 Å². The van der Waals surface area contributed by atoms with Crippen molar-refractivity contribution in [3.8, 4) is 0 Å². The van der Waals surface area contributed by atoms with Gasteiger partial charge in [-0.1, -0.05) is 13.8 Å². The lowest BCUT2D eigenvalue weighted by Gasteiger charge is -2.23. The Morgan fingerprint density at radius 2 is 1.59 bits per heavy atom. The molecule has 0 unspecified atom stereocenters. The van der Waals surface area contributed by atoms with E-state index in [4.69, 9.17) is 9.47 Å². The number of aliphatic carboxylic acids is 1. The highest BCUT2D eigenvalue weighted by atomic mass is 16.5. The fourth-order valence-corrected chi connectivity index (χ4v) is 1.64. The molecule has 0 spiro atoms. The molecule has 0 aliphatic rings. The lowest BCUT2D eigenvalue weighted by molar-refractivity contribution is -0.160. The van der Waals surface area contributed by atoms with E-state index >= 15 is 0 Å². The summed E-state index contributed by atoms with van der Waals surface area (Å²) in [6, 6.07) is -1.56. The molecule has 0 aliphatic heterocycles. The Bertz CT molecular complexity index is 419. The zero-order valence-electron chi connectivity index (χ0n) is 13.3. The van der Waals surface area contributed by atoms with Gasteiger partial charge in [-0.3, -0.25) is 14.4 Å². The summed E-state index contributed by atoms with van der Waals surface area (Å²) in [5.41, 5.74) is 0. The molecule has 0 rings (SSSR count). The Morgan fingerprint density at radius 1 is 1.05 bits per heavy atom. The van der Waals surface area contributed by atoms with Crippen LogP contribution in [0.3, 0.4) is 0 Å². The first-order chi connectivity index (χ1) is 10.2. The molecule has 0 aliphatic carbocycles. The molecule has 2 atom stereocenters. The summed E-state index contributed by atoms with van der Waals surface area (Å²) in [4.78, 5) is 46.6. The monoisotopic (exact) mass is 317 g/mol. The zero-order valence-corrected chi connectivity index (χ0v) is 13.3. The van der Waals surface area contributed by atoms with Crippen molar-refractivity contribution in [2.75, 3.05) is 13.2 Å². The highest BCUT2D eigenvalue weighted by Crippen LogP contribution is 2.14. The van der Waals surface area contributed by atoms with Crippen LogP contribution in [0.4, 0.5) is 0 Å². The summed E-state index contributed by atoms with van der Waals surface area (Å²) in [7, 11) is 0. The molecule has 0 radical (unpaired) electrons. The van der Waals surface area contributed by atoms with Crippen LogP contribution < -0.4 is 5.32 Å². The maximum absolute atomic E-state index is 11.9. The van der Waals surface area contributed by atoms with Crippen molar-refractivity contribution in [3.05, 3.63) is 0 Å². The first-order valence-corrected chi connectivity index (χ1v) is 7.09. The summed E-state index contributed by atoms with van der Waals surface area (Å²) in [5.74, 6) is -5.37. The van der Waals surface area contributed by atoms with Gasteiger partial charge in [-0.25, -0.2) is 4.79 Å². The molecule has 22 heavy (non-hydrogen) atoms. The molecule has 126 valence electrons. The number of esters is 2. The Hall–Kier alpha value is -2.12. The van der Waals surface area contributed by atoms with Crippen LogP contribution in [0.25, 0.3) is 0 Å². The second-order valence-corrected chi connectivity index (χ2v) is 4.85. The van der Waals surface area contributed by atoms with Gasteiger partial charge >= 0.3 is 17.9 Å². The molecule has 0 saturated carbocycles. The van der Waals surface area contributed by atoms with Crippen LogP contribution in [-0.2, 0) is 28.7 Å². The van der Waals surface area contributed by atoms with Gasteiger partial charge in [0.05, 0.1) is 25.6 Å². The van der Waals surface area contributed by atoms with E-state index in [0.717, 1.165) is 0 Å². The fourth-order valence-electron chi connectivity index (χ4n) is 1.64. The first-order valence-electron chi connectivity index (χ1n) is 7.09. The standard InChI is InChI=1S/C14H23NO7/c1-5-21-10(16)7-9(14(20)22-6-2)11(13(18)19)15-12(17)8(3)4/h8-9,11H,5-7H2,1-4H3,(H,15,17)(H,18,19)/t9-,11+/m0/s1. The molecule has 0 bridgehead atoms. The number of carbonyl (C=O) groups excluding carboxylic acids is 3. The lowest BCUT2D eigenvalue weighted by Crippen LogP contribution is -2.50. The highest BCUT2D eigenvalue weighted by molar-refractivity contribution is 5.91. The van der Waals surface area contributed by atoms with Gasteiger partial charge in [-0.2, -0.15) is 0 Å². The van der Waals surface area contributed by atoms with E-state index in [-0.39, 0.29) is 13.2 Å². The smallest absolute Gasteiger partial charge is 0.327 e. The number of ether oxygens (including phenoxy) is 2. The molecule has 1 amide bonds. The minimum absolute atomic E-state index is 0.0304. The third kappa shape index (κ3) is 6.55. The van der Waals surface area contributed by atoms with Crippen LogP contribution in [0.5, 0.6) is 0 Å². The largest absolute Gasteiger partial charge is 0.480 e. The van der Waals surface area contributed by atoms with Crippen molar-refractivity contribution in [3.63, 3.8) is 0 Å². The Kier molecular flexibility index (Phi) is 8.81. The maximum Gasteiger partial charge on any atom is 0.327 e. The van der Waals surface area contributed by atoms with Crippen molar-refractivity contribution in [1.29, 1.82) is 0 Å². The van der Waals surface area contributed by atoms with E-state index in [1.165, 1.54) is 0 Å². The number of carboxylic acids is 1. The molecule has 0 aromatic carbocycles. The van der Waals surface area contributed by atoms with Gasteiger partial charge in [0.2, 0.25) is 5.91 Å². The third-order valence-corrected chi connectivity index (χ3v) is 2.77. The number of carboxylic acid groups (broad SMARTS) is 1. The number of amides is 1. The SMILES string of the molecule is CCOC(=O)C[C@H](C(=O)OCC)[C@@H](NC(=O)C(C)C)C(=O)O. The molecule has 0 aromatic heterocycles. The minimum Gasteiger partial charge on any atom is -0.480 e. The van der Waals surface area contributed by atoms with Crippen LogP contribution >= 0.6 is 0 Å². The molecule has 8 nitrogen and oxygen atoms in total. The average Bonchev–Trinajstić information content (AvgIpc) is 2.42. The molecule has 0 saturated heterocycles. The van der Waals surface area contributed by atoms with E-state index < -0.39 is 48.1 Å². The van der Waals surface area contributed by atoms with Crippen LogP contribution in [-0.4, -0.2) is 48.2 Å². The quantitative estimate of drug-likeness (QED) is 0.589. The Balaban J connectivity index is 5.27. The molecule has 0 heterocycles. The van der Waals surface area contributed by atoms with Crippen LogP contribution in [0, 0.1) is 11.8 Å². The maximum atomic E-state index is 11.9. The zero-order chi connectivity index (χ0) is 17.3. The number of nitrogens with one attached hydrogen (secondary N) is 1.